The number of nitrogen functional groups attached to an aromatic ring is 1. The van der Waals surface area contributed by atoms with E-state index >= 15 is 0 Å². The van der Waals surface area contributed by atoms with Crippen LogP contribution in [0.15, 0.2) is 10.6 Å². The lowest BCUT2D eigenvalue weighted by molar-refractivity contribution is 0.415. The van der Waals surface area contributed by atoms with Crippen molar-refractivity contribution >= 4 is 5.82 Å². The third-order valence-corrected chi connectivity index (χ3v) is 2.32. The molecular formula is C9H13N5O. The summed E-state index contributed by atoms with van der Waals surface area (Å²) >= 11 is 0. The molecule has 2 rings (SSSR count). The molecule has 15 heavy (non-hydrogen) atoms. The minimum Gasteiger partial charge on any atom is -0.382 e. The molecule has 0 aromatic carbocycles. The number of aromatic amines is 1. The molecule has 0 saturated heterocycles. The van der Waals surface area contributed by atoms with Gasteiger partial charge in [-0.2, -0.15) is 10.1 Å². The lowest BCUT2D eigenvalue weighted by Crippen LogP contribution is -1.93. The molecule has 2 heterocycles. The van der Waals surface area contributed by atoms with Gasteiger partial charge in [-0.05, 0) is 6.42 Å². The molecule has 0 aliphatic carbocycles. The van der Waals surface area contributed by atoms with Crippen LogP contribution < -0.4 is 5.73 Å². The summed E-state index contributed by atoms with van der Waals surface area (Å²) in [6.45, 7) is 4.13. The van der Waals surface area contributed by atoms with Crippen molar-refractivity contribution in [3.05, 3.63) is 11.9 Å². The smallest absolute Gasteiger partial charge is 0.276 e. The summed E-state index contributed by atoms with van der Waals surface area (Å²) in [6.07, 6.45) is 0.976. The highest BCUT2D eigenvalue weighted by molar-refractivity contribution is 5.51. The molecule has 0 saturated carbocycles. The second-order valence-corrected chi connectivity index (χ2v) is 3.47. The van der Waals surface area contributed by atoms with Gasteiger partial charge in [0.25, 0.3) is 5.89 Å². The molecule has 2 aromatic heterocycles. The summed E-state index contributed by atoms with van der Waals surface area (Å²) in [7, 11) is 0. The summed E-state index contributed by atoms with van der Waals surface area (Å²) < 4.78 is 5.10. The first-order valence-electron chi connectivity index (χ1n) is 4.85. The van der Waals surface area contributed by atoms with Crippen LogP contribution in [-0.2, 0) is 0 Å². The molecule has 0 fully saturated rings. The van der Waals surface area contributed by atoms with Crippen molar-refractivity contribution in [2.75, 3.05) is 5.73 Å². The normalized spacial score (nSPS) is 12.9. The number of hydrogen-bond donors (Lipinski definition) is 2. The Morgan fingerprint density at radius 2 is 2.40 bits per heavy atom. The molecule has 0 amide bonds. The van der Waals surface area contributed by atoms with Crippen LogP contribution in [-0.4, -0.2) is 20.3 Å². The highest BCUT2D eigenvalue weighted by atomic mass is 16.5. The van der Waals surface area contributed by atoms with Gasteiger partial charge < -0.3 is 10.3 Å². The molecule has 0 spiro atoms. The SMILES string of the molecule is CCC(C)c1noc(-c2cc(N)n[nH]2)n1. The zero-order valence-electron chi connectivity index (χ0n) is 8.69. The molecule has 0 aliphatic heterocycles. The number of nitrogens with one attached hydrogen (secondary N) is 1. The Morgan fingerprint density at radius 3 is 3.00 bits per heavy atom. The van der Waals surface area contributed by atoms with Gasteiger partial charge in [0.1, 0.15) is 11.5 Å². The van der Waals surface area contributed by atoms with E-state index < -0.39 is 0 Å². The predicted molar refractivity (Wildman–Crippen MR) is 55.0 cm³/mol. The molecule has 0 radical (unpaired) electrons. The maximum absolute atomic E-state index is 5.48. The average Bonchev–Trinajstić information content (AvgIpc) is 2.84. The zero-order valence-corrected chi connectivity index (χ0v) is 8.69. The Hall–Kier alpha value is -1.85. The van der Waals surface area contributed by atoms with Crippen LogP contribution >= 0.6 is 0 Å². The van der Waals surface area contributed by atoms with Crippen molar-refractivity contribution in [3.8, 4) is 11.6 Å². The standard InChI is InChI=1S/C9H13N5O/c1-3-5(2)8-11-9(15-14-8)6-4-7(10)13-12-6/h4-5H,3H2,1-2H3,(H3,10,12,13). The lowest BCUT2D eigenvalue weighted by atomic mass is 10.1. The number of anilines is 1. The van der Waals surface area contributed by atoms with Crippen molar-refractivity contribution in [1.29, 1.82) is 0 Å². The van der Waals surface area contributed by atoms with Crippen molar-refractivity contribution in [2.24, 2.45) is 0 Å². The van der Waals surface area contributed by atoms with E-state index in [0.29, 0.717) is 29.1 Å². The monoisotopic (exact) mass is 207 g/mol. The van der Waals surface area contributed by atoms with Crippen LogP contribution in [0.3, 0.4) is 0 Å². The van der Waals surface area contributed by atoms with Crippen LogP contribution in [0, 0.1) is 0 Å². The Morgan fingerprint density at radius 1 is 1.60 bits per heavy atom. The van der Waals surface area contributed by atoms with E-state index in [0.717, 1.165) is 6.42 Å². The number of nitrogens with two attached hydrogens (primary N) is 1. The third kappa shape index (κ3) is 1.83. The van der Waals surface area contributed by atoms with E-state index in [1.807, 2.05) is 0 Å². The minimum atomic E-state index is 0.294. The first-order valence-corrected chi connectivity index (χ1v) is 4.85. The van der Waals surface area contributed by atoms with Crippen LogP contribution in [0.1, 0.15) is 32.0 Å². The molecule has 80 valence electrons. The van der Waals surface area contributed by atoms with Gasteiger partial charge in [0.05, 0.1) is 0 Å². The van der Waals surface area contributed by atoms with Crippen LogP contribution in [0.2, 0.25) is 0 Å². The van der Waals surface area contributed by atoms with E-state index in [9.17, 15) is 0 Å². The van der Waals surface area contributed by atoms with Crippen LogP contribution in [0.4, 0.5) is 5.82 Å². The average molecular weight is 207 g/mol. The second-order valence-electron chi connectivity index (χ2n) is 3.47. The molecule has 1 atom stereocenters. The fourth-order valence-electron chi connectivity index (χ4n) is 1.17. The molecule has 2 aromatic rings. The summed E-state index contributed by atoms with van der Waals surface area (Å²) in [5, 5.41) is 10.4. The number of hydrogen-bond acceptors (Lipinski definition) is 5. The maximum atomic E-state index is 5.48. The van der Waals surface area contributed by atoms with Gasteiger partial charge >= 0.3 is 0 Å². The molecule has 1 unspecified atom stereocenters. The fraction of sp³-hybridized carbons (Fsp3) is 0.444. The van der Waals surface area contributed by atoms with Crippen molar-refractivity contribution in [2.45, 2.75) is 26.2 Å². The van der Waals surface area contributed by atoms with Gasteiger partial charge in [0.2, 0.25) is 0 Å². The molecule has 0 bridgehead atoms. The first kappa shape index (κ1) is 9.70. The number of rotatable bonds is 3. The van der Waals surface area contributed by atoms with Gasteiger partial charge in [-0.1, -0.05) is 19.0 Å². The van der Waals surface area contributed by atoms with Crippen LogP contribution in [0.25, 0.3) is 11.6 Å². The highest BCUT2D eigenvalue weighted by Gasteiger charge is 2.14. The molecule has 6 nitrogen and oxygen atoms in total. The molecule has 3 N–H and O–H groups in total. The van der Waals surface area contributed by atoms with E-state index in [1.54, 1.807) is 6.07 Å². The number of H-pyrrole nitrogens is 1. The summed E-state index contributed by atoms with van der Waals surface area (Å²) in [4.78, 5) is 4.26. The van der Waals surface area contributed by atoms with Gasteiger partial charge in [-0.15, -0.1) is 0 Å². The third-order valence-electron chi connectivity index (χ3n) is 2.32. The summed E-state index contributed by atoms with van der Waals surface area (Å²) in [6, 6.07) is 1.66. The van der Waals surface area contributed by atoms with Gasteiger partial charge in [-0.25, -0.2) is 0 Å². The van der Waals surface area contributed by atoms with E-state index in [1.165, 1.54) is 0 Å². The van der Waals surface area contributed by atoms with Crippen molar-refractivity contribution in [3.63, 3.8) is 0 Å². The number of nitrogens with zero attached hydrogens (tertiary/aromatic N) is 3. The molecule has 0 aliphatic rings. The summed E-state index contributed by atoms with van der Waals surface area (Å²) in [5.74, 6) is 1.84. The van der Waals surface area contributed by atoms with Crippen LogP contribution in [0.5, 0.6) is 0 Å². The van der Waals surface area contributed by atoms with E-state index in [2.05, 4.69) is 34.2 Å². The quantitative estimate of drug-likeness (QED) is 0.796. The largest absolute Gasteiger partial charge is 0.382 e. The predicted octanol–water partition coefficient (Wildman–Crippen LogP) is 1.56. The topological polar surface area (TPSA) is 93.6 Å². The first-order chi connectivity index (χ1) is 7.20. The highest BCUT2D eigenvalue weighted by Crippen LogP contribution is 2.20. The summed E-state index contributed by atoms with van der Waals surface area (Å²) in [5.41, 5.74) is 6.12. The molecule has 6 heteroatoms. The van der Waals surface area contributed by atoms with Gasteiger partial charge in [0, 0.05) is 12.0 Å². The zero-order chi connectivity index (χ0) is 10.8. The Balaban J connectivity index is 2.27. The van der Waals surface area contributed by atoms with E-state index in [-0.39, 0.29) is 0 Å². The van der Waals surface area contributed by atoms with Crippen molar-refractivity contribution in [1.82, 2.24) is 20.3 Å². The lowest BCUT2D eigenvalue weighted by Gasteiger charge is -1.98. The van der Waals surface area contributed by atoms with Gasteiger partial charge in [0.15, 0.2) is 5.82 Å². The Labute approximate surface area is 86.9 Å². The fourth-order valence-corrected chi connectivity index (χ4v) is 1.17. The Kier molecular flexibility index (Phi) is 2.40. The molecular weight excluding hydrogens is 194 g/mol. The van der Waals surface area contributed by atoms with Gasteiger partial charge in [-0.3, -0.25) is 5.10 Å². The Bertz CT molecular complexity index is 447. The van der Waals surface area contributed by atoms with Crippen molar-refractivity contribution < 1.29 is 4.52 Å². The second kappa shape index (κ2) is 3.72. The maximum Gasteiger partial charge on any atom is 0.276 e. The van der Waals surface area contributed by atoms with E-state index in [4.69, 9.17) is 10.3 Å². The minimum absolute atomic E-state index is 0.294. The number of aromatic nitrogens is 4.